The van der Waals surface area contributed by atoms with E-state index in [0.29, 0.717) is 6.04 Å². The van der Waals surface area contributed by atoms with Crippen LogP contribution < -0.4 is 5.32 Å². The molecule has 1 aromatic carbocycles. The third kappa shape index (κ3) is 4.18. The Balaban J connectivity index is 1.48. The third-order valence-corrected chi connectivity index (χ3v) is 5.02. The molecule has 0 aliphatic carbocycles. The highest BCUT2D eigenvalue weighted by atomic mass is 15.3. The van der Waals surface area contributed by atoms with Gasteiger partial charge in [-0.3, -0.25) is 9.89 Å². The molecule has 2 heterocycles. The quantitative estimate of drug-likeness (QED) is 0.523. The molecule has 2 aliphatic heterocycles. The summed E-state index contributed by atoms with van der Waals surface area (Å²) in [6, 6.07) is 7.46. The van der Waals surface area contributed by atoms with Crippen molar-refractivity contribution < 1.29 is 0 Å². The summed E-state index contributed by atoms with van der Waals surface area (Å²) < 4.78 is 0. The Labute approximate surface area is 146 Å². The summed E-state index contributed by atoms with van der Waals surface area (Å²) in [6.07, 6.45) is 6.83. The lowest BCUT2D eigenvalue weighted by molar-refractivity contribution is 0.259. The number of aliphatic imine (C=N–C) groups is 1. The molecule has 3 rings (SSSR count). The number of aryl methyl sites for hydroxylation is 2. The van der Waals surface area contributed by atoms with Gasteiger partial charge < -0.3 is 10.2 Å². The molecule has 1 atom stereocenters. The highest BCUT2D eigenvalue weighted by Crippen LogP contribution is 2.18. The lowest BCUT2D eigenvalue weighted by Crippen LogP contribution is -2.43. The molecule has 0 aromatic heterocycles. The molecule has 1 aromatic rings. The molecule has 1 fully saturated rings. The average Bonchev–Trinajstić information content (AvgIpc) is 3.21. The van der Waals surface area contributed by atoms with Crippen molar-refractivity contribution in [3.05, 3.63) is 47.0 Å². The maximum Gasteiger partial charge on any atom is 0.193 e. The lowest BCUT2D eigenvalue weighted by atomic mass is 10.1. The molecule has 0 bridgehead atoms. The molecule has 2 aliphatic rings. The van der Waals surface area contributed by atoms with Gasteiger partial charge in [-0.25, -0.2) is 0 Å². The van der Waals surface area contributed by atoms with Crippen LogP contribution >= 0.6 is 0 Å². The van der Waals surface area contributed by atoms with Crippen LogP contribution in [0.25, 0.3) is 0 Å². The number of hydrogen-bond acceptors (Lipinski definition) is 2. The minimum absolute atomic E-state index is 0.665. The maximum atomic E-state index is 4.49. The fourth-order valence-electron chi connectivity index (χ4n) is 3.89. The van der Waals surface area contributed by atoms with Crippen LogP contribution in [0.1, 0.15) is 23.1 Å². The van der Waals surface area contributed by atoms with Gasteiger partial charge in [0.15, 0.2) is 5.96 Å². The molecule has 130 valence electrons. The van der Waals surface area contributed by atoms with E-state index in [1.807, 2.05) is 7.05 Å². The number of likely N-dealkylation sites (tertiary alicyclic amines) is 1. The number of benzene rings is 1. The molecule has 0 amide bonds. The van der Waals surface area contributed by atoms with Crippen LogP contribution in [-0.4, -0.2) is 61.6 Å². The molecule has 0 saturated carbocycles. The van der Waals surface area contributed by atoms with Gasteiger partial charge in [0, 0.05) is 45.8 Å². The van der Waals surface area contributed by atoms with Gasteiger partial charge in [-0.05, 0) is 32.3 Å². The van der Waals surface area contributed by atoms with E-state index < -0.39 is 0 Å². The summed E-state index contributed by atoms with van der Waals surface area (Å²) in [5, 5.41) is 3.55. The van der Waals surface area contributed by atoms with Crippen molar-refractivity contribution in [2.45, 2.75) is 32.7 Å². The lowest BCUT2D eigenvalue weighted by Gasteiger charge is -2.25. The van der Waals surface area contributed by atoms with Crippen molar-refractivity contribution in [3.8, 4) is 0 Å². The van der Waals surface area contributed by atoms with Crippen molar-refractivity contribution in [1.82, 2.24) is 15.1 Å². The normalized spacial score (nSPS) is 21.7. The predicted octanol–water partition coefficient (Wildman–Crippen LogP) is 2.37. The number of guanidine groups is 1. The molecule has 4 heteroatoms. The second-order valence-corrected chi connectivity index (χ2v) is 7.03. The first-order chi connectivity index (χ1) is 11.7. The van der Waals surface area contributed by atoms with Crippen LogP contribution in [0.3, 0.4) is 0 Å². The molecule has 4 nitrogen and oxygen atoms in total. The van der Waals surface area contributed by atoms with Crippen molar-refractivity contribution in [3.63, 3.8) is 0 Å². The summed E-state index contributed by atoms with van der Waals surface area (Å²) >= 11 is 0. The first kappa shape index (κ1) is 17.0. The second-order valence-electron chi connectivity index (χ2n) is 7.03. The fourth-order valence-corrected chi connectivity index (χ4v) is 3.89. The van der Waals surface area contributed by atoms with E-state index in [4.69, 9.17) is 0 Å². The molecule has 24 heavy (non-hydrogen) atoms. The fraction of sp³-hybridized carbons (Fsp3) is 0.550. The van der Waals surface area contributed by atoms with Gasteiger partial charge in [-0.2, -0.15) is 0 Å². The van der Waals surface area contributed by atoms with Gasteiger partial charge in [-0.15, -0.1) is 0 Å². The first-order valence-electron chi connectivity index (χ1n) is 9.07. The van der Waals surface area contributed by atoms with Crippen LogP contribution in [0.2, 0.25) is 0 Å². The molecule has 1 saturated heterocycles. The summed E-state index contributed by atoms with van der Waals surface area (Å²) in [5.74, 6) is 1.05. The smallest absolute Gasteiger partial charge is 0.193 e. The van der Waals surface area contributed by atoms with Crippen LogP contribution in [0.4, 0.5) is 0 Å². The Hall–Kier alpha value is -1.81. The topological polar surface area (TPSA) is 30.9 Å². The van der Waals surface area contributed by atoms with Gasteiger partial charge in [0.2, 0.25) is 0 Å². The molecule has 0 radical (unpaired) electrons. The van der Waals surface area contributed by atoms with Gasteiger partial charge in [0.1, 0.15) is 0 Å². The largest absolute Gasteiger partial charge is 0.356 e. The van der Waals surface area contributed by atoms with E-state index in [9.17, 15) is 0 Å². The summed E-state index contributed by atoms with van der Waals surface area (Å²) in [7, 11) is 1.89. The zero-order valence-corrected chi connectivity index (χ0v) is 15.3. The van der Waals surface area contributed by atoms with Crippen LogP contribution in [0.15, 0.2) is 35.3 Å². The predicted molar refractivity (Wildman–Crippen MR) is 102 cm³/mol. The zero-order chi connectivity index (χ0) is 16.9. The Kier molecular flexibility index (Phi) is 5.56. The standard InChI is InChI=1S/C20H30N4/c1-16-12-17(2)14-18(13-16)6-8-22-20(21-3)24-11-7-19(15-24)23-9-4-5-10-23/h4-5,12-14,19H,6-11,15H2,1-3H3,(H,21,22). The summed E-state index contributed by atoms with van der Waals surface area (Å²) in [6.45, 7) is 9.67. The van der Waals surface area contributed by atoms with E-state index >= 15 is 0 Å². The van der Waals surface area contributed by atoms with E-state index in [1.165, 1.54) is 23.1 Å². The molecule has 1 N–H and O–H groups in total. The summed E-state index contributed by atoms with van der Waals surface area (Å²) in [4.78, 5) is 9.46. The van der Waals surface area contributed by atoms with Gasteiger partial charge in [-0.1, -0.05) is 41.5 Å². The number of nitrogens with zero attached hydrogens (tertiary/aromatic N) is 3. The number of hydrogen-bond donors (Lipinski definition) is 1. The summed E-state index contributed by atoms with van der Waals surface area (Å²) in [5.41, 5.74) is 4.09. The van der Waals surface area contributed by atoms with Gasteiger partial charge >= 0.3 is 0 Å². The Morgan fingerprint density at radius 1 is 1.17 bits per heavy atom. The van der Waals surface area contributed by atoms with E-state index in [2.05, 4.69) is 64.3 Å². The molecular formula is C20H30N4. The van der Waals surface area contributed by atoms with Crippen molar-refractivity contribution in [2.24, 2.45) is 4.99 Å². The molecule has 1 unspecified atom stereocenters. The Bertz CT molecular complexity index is 592. The average molecular weight is 326 g/mol. The zero-order valence-electron chi connectivity index (χ0n) is 15.3. The minimum Gasteiger partial charge on any atom is -0.356 e. The van der Waals surface area contributed by atoms with Crippen molar-refractivity contribution in [1.29, 1.82) is 0 Å². The van der Waals surface area contributed by atoms with Crippen LogP contribution in [0.5, 0.6) is 0 Å². The monoisotopic (exact) mass is 326 g/mol. The minimum atomic E-state index is 0.665. The van der Waals surface area contributed by atoms with Crippen molar-refractivity contribution >= 4 is 5.96 Å². The highest BCUT2D eigenvalue weighted by Gasteiger charge is 2.29. The third-order valence-electron chi connectivity index (χ3n) is 5.02. The van der Waals surface area contributed by atoms with Crippen LogP contribution in [-0.2, 0) is 6.42 Å². The number of nitrogens with one attached hydrogen (secondary N) is 1. The first-order valence-corrected chi connectivity index (χ1v) is 9.07. The Morgan fingerprint density at radius 2 is 1.88 bits per heavy atom. The number of rotatable bonds is 4. The van der Waals surface area contributed by atoms with E-state index in [1.54, 1.807) is 0 Å². The van der Waals surface area contributed by atoms with Crippen LogP contribution in [0, 0.1) is 13.8 Å². The van der Waals surface area contributed by atoms with Crippen molar-refractivity contribution in [2.75, 3.05) is 39.8 Å². The van der Waals surface area contributed by atoms with E-state index in [-0.39, 0.29) is 0 Å². The van der Waals surface area contributed by atoms with E-state index in [0.717, 1.165) is 45.1 Å². The highest BCUT2D eigenvalue weighted by molar-refractivity contribution is 5.80. The Morgan fingerprint density at radius 3 is 2.54 bits per heavy atom. The van der Waals surface area contributed by atoms with Gasteiger partial charge in [0.25, 0.3) is 0 Å². The van der Waals surface area contributed by atoms with Gasteiger partial charge in [0.05, 0.1) is 0 Å². The molecular weight excluding hydrogens is 296 g/mol. The SMILES string of the molecule is CN=C(NCCc1cc(C)cc(C)c1)N1CCC(N2CC=CC2)C1. The molecule has 0 spiro atoms. The second kappa shape index (κ2) is 7.84. The maximum absolute atomic E-state index is 4.49.